The van der Waals surface area contributed by atoms with Crippen molar-refractivity contribution in [2.75, 3.05) is 29.7 Å². The first-order chi connectivity index (χ1) is 14.8. The summed E-state index contributed by atoms with van der Waals surface area (Å²) in [6.07, 6.45) is -1.00. The lowest BCUT2D eigenvalue weighted by Crippen LogP contribution is -2.51. The summed E-state index contributed by atoms with van der Waals surface area (Å²) in [6.45, 7) is 11.1. The summed E-state index contributed by atoms with van der Waals surface area (Å²) in [6, 6.07) is 4.99. The molecule has 1 rings (SSSR count). The van der Waals surface area contributed by atoms with Gasteiger partial charge in [-0.15, -0.1) is 23.2 Å². The molecule has 0 atom stereocenters. The number of hydrogen-bond donors (Lipinski definition) is 1. The van der Waals surface area contributed by atoms with E-state index in [2.05, 4.69) is 5.32 Å². The molecule has 1 amide bonds. The van der Waals surface area contributed by atoms with Gasteiger partial charge in [-0.1, -0.05) is 0 Å². The van der Waals surface area contributed by atoms with Gasteiger partial charge in [0.2, 0.25) is 6.04 Å². The number of carbonyl (C=O) groups is 3. The fourth-order valence-corrected chi connectivity index (χ4v) is 2.90. The first-order valence-corrected chi connectivity index (χ1v) is 11.2. The van der Waals surface area contributed by atoms with Crippen molar-refractivity contribution in [1.82, 2.24) is 5.32 Å². The number of amides is 1. The lowest BCUT2D eigenvalue weighted by Gasteiger charge is -2.26. The highest BCUT2D eigenvalue weighted by Gasteiger charge is 2.36. The van der Waals surface area contributed by atoms with Crippen molar-refractivity contribution in [2.45, 2.75) is 58.8 Å². The minimum absolute atomic E-state index is 0.218. The number of nitrogens with one attached hydrogen (secondary N) is 1. The SMILES string of the molecule is CC(C)(C)OC(=O)C(NC(=O)Oc1ccc(N(CCCl)CCCl)cc1)C(=O)OC(C)(C)C. The molecule has 8 nitrogen and oxygen atoms in total. The smallest absolute Gasteiger partial charge is 0.413 e. The van der Waals surface area contributed by atoms with Crippen molar-refractivity contribution in [3.05, 3.63) is 24.3 Å². The highest BCUT2D eigenvalue weighted by molar-refractivity contribution is 6.18. The van der Waals surface area contributed by atoms with Crippen LogP contribution in [0.25, 0.3) is 0 Å². The molecule has 0 aliphatic heterocycles. The summed E-state index contributed by atoms with van der Waals surface area (Å²) in [5.41, 5.74) is -0.868. The van der Waals surface area contributed by atoms with E-state index in [0.717, 1.165) is 5.69 Å². The molecule has 32 heavy (non-hydrogen) atoms. The quantitative estimate of drug-likeness (QED) is 0.316. The van der Waals surface area contributed by atoms with Gasteiger partial charge in [0, 0.05) is 30.5 Å². The molecule has 1 N–H and O–H groups in total. The molecule has 0 saturated heterocycles. The standard InChI is InChI=1S/C22H32Cl2N2O6/c1-21(2,3)31-18(27)17(19(28)32-22(4,5)6)25-20(29)30-16-9-7-15(8-10-16)26(13-11-23)14-12-24/h7-10,17H,11-14H2,1-6H3,(H,25,29). The van der Waals surface area contributed by atoms with Crippen molar-refractivity contribution in [3.63, 3.8) is 0 Å². The van der Waals surface area contributed by atoms with Crippen LogP contribution in [0.2, 0.25) is 0 Å². The Morgan fingerprint density at radius 1 is 0.875 bits per heavy atom. The van der Waals surface area contributed by atoms with Crippen LogP contribution in [0.5, 0.6) is 5.75 Å². The Bertz CT molecular complexity index is 738. The van der Waals surface area contributed by atoms with Gasteiger partial charge in [0.25, 0.3) is 0 Å². The summed E-state index contributed by atoms with van der Waals surface area (Å²) in [4.78, 5) is 39.4. The molecule has 0 aliphatic carbocycles. The number of halogens is 2. The van der Waals surface area contributed by atoms with Crippen molar-refractivity contribution in [1.29, 1.82) is 0 Å². The summed E-state index contributed by atoms with van der Waals surface area (Å²) in [5.74, 6) is -0.800. The van der Waals surface area contributed by atoms with E-state index < -0.39 is 35.3 Å². The first-order valence-electron chi connectivity index (χ1n) is 10.2. The second-order valence-electron chi connectivity index (χ2n) is 8.89. The molecule has 1 aromatic rings. The number of ether oxygens (including phenoxy) is 3. The van der Waals surface area contributed by atoms with E-state index in [1.807, 2.05) is 4.90 Å². The van der Waals surface area contributed by atoms with Gasteiger partial charge >= 0.3 is 18.0 Å². The Balaban J connectivity index is 2.91. The van der Waals surface area contributed by atoms with Gasteiger partial charge in [0.05, 0.1) is 0 Å². The summed E-state index contributed by atoms with van der Waals surface area (Å²) >= 11 is 11.6. The molecule has 0 radical (unpaired) electrons. The molecule has 0 aromatic heterocycles. The van der Waals surface area contributed by atoms with Crippen LogP contribution < -0.4 is 15.0 Å². The van der Waals surface area contributed by atoms with Crippen LogP contribution in [0.1, 0.15) is 41.5 Å². The van der Waals surface area contributed by atoms with Gasteiger partial charge in [-0.2, -0.15) is 0 Å². The Hall–Kier alpha value is -2.19. The molecular weight excluding hydrogens is 459 g/mol. The summed E-state index contributed by atoms with van der Waals surface area (Å²) in [7, 11) is 0. The number of benzene rings is 1. The molecule has 180 valence electrons. The maximum atomic E-state index is 12.5. The molecule has 0 fully saturated rings. The number of alkyl halides is 2. The average Bonchev–Trinajstić information content (AvgIpc) is 2.63. The number of rotatable bonds is 9. The molecular formula is C22H32Cl2N2O6. The maximum absolute atomic E-state index is 12.5. The van der Waals surface area contributed by atoms with Gasteiger partial charge in [-0.05, 0) is 65.8 Å². The van der Waals surface area contributed by atoms with E-state index in [0.29, 0.717) is 24.8 Å². The summed E-state index contributed by atoms with van der Waals surface area (Å²) < 4.78 is 15.7. The fourth-order valence-electron chi connectivity index (χ4n) is 2.49. The molecule has 0 bridgehead atoms. The van der Waals surface area contributed by atoms with Gasteiger partial charge < -0.3 is 19.1 Å². The first kappa shape index (κ1) is 27.8. The third kappa shape index (κ3) is 10.4. The Morgan fingerprint density at radius 2 is 1.31 bits per heavy atom. The zero-order valence-electron chi connectivity index (χ0n) is 19.4. The van der Waals surface area contributed by atoms with Crippen LogP contribution in [0.4, 0.5) is 10.5 Å². The number of esters is 2. The molecule has 0 unspecified atom stereocenters. The Labute approximate surface area is 199 Å². The largest absolute Gasteiger partial charge is 0.458 e. The maximum Gasteiger partial charge on any atom is 0.413 e. The monoisotopic (exact) mass is 490 g/mol. The predicted octanol–water partition coefficient (Wildman–Crippen LogP) is 4.11. The molecule has 10 heteroatoms. The van der Waals surface area contributed by atoms with Crippen LogP contribution in [0.15, 0.2) is 24.3 Å². The van der Waals surface area contributed by atoms with Crippen LogP contribution in [-0.4, -0.2) is 60.1 Å². The van der Waals surface area contributed by atoms with Crippen molar-refractivity contribution in [2.24, 2.45) is 0 Å². The highest BCUT2D eigenvalue weighted by atomic mass is 35.5. The van der Waals surface area contributed by atoms with E-state index in [1.165, 1.54) is 0 Å². The van der Waals surface area contributed by atoms with E-state index in [4.69, 9.17) is 37.4 Å². The summed E-state index contributed by atoms with van der Waals surface area (Å²) in [5, 5.41) is 2.23. The number of carbonyl (C=O) groups excluding carboxylic acids is 3. The van der Waals surface area contributed by atoms with Crippen molar-refractivity contribution in [3.8, 4) is 5.75 Å². The normalized spacial score (nSPS) is 11.7. The van der Waals surface area contributed by atoms with E-state index in [-0.39, 0.29) is 5.75 Å². The fraction of sp³-hybridized carbons (Fsp3) is 0.591. The number of anilines is 1. The average molecular weight is 491 g/mol. The van der Waals surface area contributed by atoms with E-state index in [1.54, 1.807) is 65.8 Å². The third-order valence-electron chi connectivity index (χ3n) is 3.67. The van der Waals surface area contributed by atoms with Gasteiger partial charge in [0.1, 0.15) is 17.0 Å². The number of nitrogens with zero attached hydrogens (tertiary/aromatic N) is 1. The predicted molar refractivity (Wildman–Crippen MR) is 125 cm³/mol. The third-order valence-corrected chi connectivity index (χ3v) is 4.01. The van der Waals surface area contributed by atoms with E-state index >= 15 is 0 Å². The Kier molecular flexibility index (Phi) is 10.6. The number of hydrogen-bond acceptors (Lipinski definition) is 7. The second kappa shape index (κ2) is 12.2. The second-order valence-corrected chi connectivity index (χ2v) is 9.65. The minimum atomic E-state index is -1.68. The Morgan fingerprint density at radius 3 is 1.69 bits per heavy atom. The molecule has 0 heterocycles. The van der Waals surface area contributed by atoms with Gasteiger partial charge in [0.15, 0.2) is 0 Å². The van der Waals surface area contributed by atoms with Crippen LogP contribution in [-0.2, 0) is 19.1 Å². The lowest BCUT2D eigenvalue weighted by atomic mass is 10.1. The minimum Gasteiger partial charge on any atom is -0.458 e. The lowest BCUT2D eigenvalue weighted by molar-refractivity contribution is -0.170. The van der Waals surface area contributed by atoms with E-state index in [9.17, 15) is 14.4 Å². The van der Waals surface area contributed by atoms with Gasteiger partial charge in [-0.3, -0.25) is 5.32 Å². The van der Waals surface area contributed by atoms with Gasteiger partial charge in [-0.25, -0.2) is 14.4 Å². The van der Waals surface area contributed by atoms with Crippen LogP contribution in [0.3, 0.4) is 0 Å². The van der Waals surface area contributed by atoms with Crippen LogP contribution in [0, 0.1) is 0 Å². The molecule has 0 aliphatic rings. The molecule has 0 saturated carbocycles. The van der Waals surface area contributed by atoms with Crippen molar-refractivity contribution < 1.29 is 28.6 Å². The topological polar surface area (TPSA) is 94.2 Å². The molecule has 1 aromatic carbocycles. The zero-order chi connectivity index (χ0) is 24.5. The van der Waals surface area contributed by atoms with Crippen molar-refractivity contribution >= 4 is 46.9 Å². The van der Waals surface area contributed by atoms with Crippen LogP contribution >= 0.6 is 23.2 Å². The highest BCUT2D eigenvalue weighted by Crippen LogP contribution is 2.20. The zero-order valence-corrected chi connectivity index (χ0v) is 20.9. The molecule has 0 spiro atoms.